The van der Waals surface area contributed by atoms with Crippen LogP contribution in [-0.2, 0) is 0 Å². The molecule has 0 fully saturated rings. The topological polar surface area (TPSA) is 31.0 Å². The summed E-state index contributed by atoms with van der Waals surface area (Å²) in [5.41, 5.74) is 8.26. The fourth-order valence-electron chi connectivity index (χ4n) is 6.46. The molecule has 0 aliphatic rings. The van der Waals surface area contributed by atoms with E-state index in [-0.39, 0.29) is 0 Å². The van der Waals surface area contributed by atoms with Crippen molar-refractivity contribution in [3.63, 3.8) is 0 Å². The first-order chi connectivity index (χ1) is 20.8. The van der Waals surface area contributed by atoms with Crippen LogP contribution in [0, 0.1) is 0 Å². The van der Waals surface area contributed by atoms with Gasteiger partial charge in [-0.1, -0.05) is 109 Å². The van der Waals surface area contributed by atoms with Gasteiger partial charge in [-0.05, 0) is 63.5 Å². The lowest BCUT2D eigenvalue weighted by molar-refractivity contribution is 0.670. The highest BCUT2D eigenvalue weighted by molar-refractivity contribution is 6.28. The molecule has 196 valence electrons. The SMILES string of the molecule is c1ccc(-c2nc3ccccc3n2-c2ccc(-c3cc4ccccc4c4c3oc3ccc5ccccc5c34)cc2)cc1. The van der Waals surface area contributed by atoms with Crippen molar-refractivity contribution in [1.82, 2.24) is 9.55 Å². The molecule has 0 amide bonds. The predicted molar refractivity (Wildman–Crippen MR) is 174 cm³/mol. The van der Waals surface area contributed by atoms with E-state index in [2.05, 4.69) is 138 Å². The Balaban J connectivity index is 1.28. The molecule has 0 aliphatic carbocycles. The molecule has 0 atom stereocenters. The Morgan fingerprint density at radius 1 is 0.524 bits per heavy atom. The molecule has 3 nitrogen and oxygen atoms in total. The van der Waals surface area contributed by atoms with E-state index in [0.29, 0.717) is 0 Å². The Bertz CT molecular complexity index is 2450. The lowest BCUT2D eigenvalue weighted by atomic mass is 9.95. The van der Waals surface area contributed by atoms with Gasteiger partial charge in [-0.15, -0.1) is 0 Å². The number of fused-ring (bicyclic) bond motifs is 8. The van der Waals surface area contributed by atoms with Crippen LogP contribution >= 0.6 is 0 Å². The van der Waals surface area contributed by atoms with Gasteiger partial charge in [0.15, 0.2) is 0 Å². The van der Waals surface area contributed by atoms with Crippen molar-refractivity contribution < 1.29 is 4.42 Å². The maximum absolute atomic E-state index is 6.68. The molecule has 0 N–H and O–H groups in total. The highest BCUT2D eigenvalue weighted by atomic mass is 16.3. The summed E-state index contributed by atoms with van der Waals surface area (Å²) >= 11 is 0. The van der Waals surface area contributed by atoms with Gasteiger partial charge < -0.3 is 4.42 Å². The second-order valence-corrected chi connectivity index (χ2v) is 10.8. The summed E-state index contributed by atoms with van der Waals surface area (Å²) < 4.78 is 8.92. The summed E-state index contributed by atoms with van der Waals surface area (Å²) in [6, 6.07) is 51.2. The molecule has 0 saturated heterocycles. The molecule has 0 bridgehead atoms. The highest BCUT2D eigenvalue weighted by Gasteiger charge is 2.19. The fraction of sp³-hybridized carbons (Fsp3) is 0. The molecule has 0 saturated carbocycles. The molecule has 2 aromatic heterocycles. The summed E-state index contributed by atoms with van der Waals surface area (Å²) in [4.78, 5) is 5.01. The lowest BCUT2D eigenvalue weighted by Gasteiger charge is -2.12. The van der Waals surface area contributed by atoms with E-state index in [0.717, 1.165) is 50.4 Å². The van der Waals surface area contributed by atoms with Gasteiger partial charge >= 0.3 is 0 Å². The number of furan rings is 1. The van der Waals surface area contributed by atoms with Gasteiger partial charge in [0.1, 0.15) is 17.0 Å². The van der Waals surface area contributed by atoms with Crippen molar-refractivity contribution in [2.75, 3.05) is 0 Å². The van der Waals surface area contributed by atoms with Gasteiger partial charge in [0.2, 0.25) is 0 Å². The molecule has 3 heteroatoms. The summed E-state index contributed by atoms with van der Waals surface area (Å²) in [7, 11) is 0. The first-order valence-corrected chi connectivity index (χ1v) is 14.2. The number of benzene rings is 7. The summed E-state index contributed by atoms with van der Waals surface area (Å²) in [6.07, 6.45) is 0. The van der Waals surface area contributed by atoms with Gasteiger partial charge in [0.25, 0.3) is 0 Å². The third-order valence-electron chi connectivity index (χ3n) is 8.38. The molecular formula is C39H24N2O. The van der Waals surface area contributed by atoms with Crippen LogP contribution in [0.5, 0.6) is 0 Å². The predicted octanol–water partition coefficient (Wildman–Crippen LogP) is 10.6. The van der Waals surface area contributed by atoms with Crippen molar-refractivity contribution in [3.05, 3.63) is 146 Å². The largest absolute Gasteiger partial charge is 0.455 e. The number of rotatable bonds is 3. The van der Waals surface area contributed by atoms with Crippen LogP contribution in [0.25, 0.3) is 82.7 Å². The number of hydrogen-bond donors (Lipinski definition) is 0. The third-order valence-corrected chi connectivity index (χ3v) is 8.38. The third kappa shape index (κ3) is 3.37. The van der Waals surface area contributed by atoms with Gasteiger partial charge in [-0.3, -0.25) is 4.57 Å². The van der Waals surface area contributed by atoms with Crippen molar-refractivity contribution >= 4 is 54.5 Å². The number of para-hydroxylation sites is 2. The standard InChI is InChI=1S/C39H24N2O/c1-2-11-27(12-3-1)39-40-33-16-8-9-17-34(33)41(39)29-21-18-26(19-22-29)32-24-28-13-5-7-15-31(28)37-36-30-14-6-4-10-25(30)20-23-35(36)42-38(32)37/h1-24H. The maximum atomic E-state index is 6.68. The normalized spacial score (nSPS) is 11.8. The van der Waals surface area contributed by atoms with Crippen LogP contribution in [-0.4, -0.2) is 9.55 Å². The van der Waals surface area contributed by atoms with Gasteiger partial charge in [-0.2, -0.15) is 0 Å². The van der Waals surface area contributed by atoms with Crippen molar-refractivity contribution in [3.8, 4) is 28.2 Å². The Kier molecular flexibility index (Phi) is 4.90. The summed E-state index contributed by atoms with van der Waals surface area (Å²) in [5, 5.41) is 7.19. The van der Waals surface area contributed by atoms with Crippen LogP contribution in [0.1, 0.15) is 0 Å². The summed E-state index contributed by atoms with van der Waals surface area (Å²) in [5.74, 6) is 0.932. The van der Waals surface area contributed by atoms with Crippen LogP contribution in [0.15, 0.2) is 150 Å². The average Bonchev–Trinajstić information content (AvgIpc) is 3.65. The number of imidazole rings is 1. The molecule has 0 radical (unpaired) electrons. The zero-order valence-corrected chi connectivity index (χ0v) is 22.7. The van der Waals surface area contributed by atoms with E-state index in [4.69, 9.17) is 9.40 Å². The molecule has 7 aromatic carbocycles. The molecule has 9 rings (SSSR count). The molecule has 42 heavy (non-hydrogen) atoms. The van der Waals surface area contributed by atoms with E-state index in [1.807, 2.05) is 12.1 Å². The number of aromatic nitrogens is 2. The van der Waals surface area contributed by atoms with Crippen LogP contribution < -0.4 is 0 Å². The van der Waals surface area contributed by atoms with Gasteiger partial charge in [0, 0.05) is 27.6 Å². The Hall–Kier alpha value is -5.67. The second kappa shape index (κ2) is 8.92. The Morgan fingerprint density at radius 3 is 2.05 bits per heavy atom. The molecule has 2 heterocycles. The Morgan fingerprint density at radius 2 is 1.21 bits per heavy atom. The van der Waals surface area contributed by atoms with Crippen molar-refractivity contribution in [1.29, 1.82) is 0 Å². The van der Waals surface area contributed by atoms with E-state index >= 15 is 0 Å². The summed E-state index contributed by atoms with van der Waals surface area (Å²) in [6.45, 7) is 0. The lowest BCUT2D eigenvalue weighted by Crippen LogP contribution is -1.97. The smallest absolute Gasteiger partial charge is 0.145 e. The van der Waals surface area contributed by atoms with Crippen molar-refractivity contribution in [2.24, 2.45) is 0 Å². The quantitative estimate of drug-likeness (QED) is 0.225. The number of nitrogens with zero attached hydrogens (tertiary/aromatic N) is 2. The minimum Gasteiger partial charge on any atom is -0.455 e. The van der Waals surface area contributed by atoms with E-state index in [1.54, 1.807) is 0 Å². The minimum atomic E-state index is 0.912. The van der Waals surface area contributed by atoms with E-state index < -0.39 is 0 Å². The molecular weight excluding hydrogens is 512 g/mol. The number of hydrogen-bond acceptors (Lipinski definition) is 2. The maximum Gasteiger partial charge on any atom is 0.145 e. The monoisotopic (exact) mass is 536 g/mol. The van der Waals surface area contributed by atoms with E-state index in [1.165, 1.54) is 32.3 Å². The van der Waals surface area contributed by atoms with Crippen molar-refractivity contribution in [2.45, 2.75) is 0 Å². The first kappa shape index (κ1) is 23.1. The van der Waals surface area contributed by atoms with E-state index in [9.17, 15) is 0 Å². The zero-order valence-electron chi connectivity index (χ0n) is 22.7. The zero-order chi connectivity index (χ0) is 27.6. The molecule has 0 spiro atoms. The van der Waals surface area contributed by atoms with Crippen LogP contribution in [0.3, 0.4) is 0 Å². The van der Waals surface area contributed by atoms with Gasteiger partial charge in [0.05, 0.1) is 11.0 Å². The highest BCUT2D eigenvalue weighted by Crippen LogP contribution is 2.43. The van der Waals surface area contributed by atoms with Gasteiger partial charge in [-0.25, -0.2) is 4.98 Å². The molecule has 9 aromatic rings. The fourth-order valence-corrected chi connectivity index (χ4v) is 6.46. The molecule has 0 aliphatic heterocycles. The van der Waals surface area contributed by atoms with Crippen LogP contribution in [0.2, 0.25) is 0 Å². The minimum absolute atomic E-state index is 0.912. The molecule has 0 unspecified atom stereocenters. The second-order valence-electron chi connectivity index (χ2n) is 10.8. The van der Waals surface area contributed by atoms with Crippen LogP contribution in [0.4, 0.5) is 0 Å². The Labute approximate surface area is 241 Å². The average molecular weight is 537 g/mol. The first-order valence-electron chi connectivity index (χ1n) is 14.2.